The number of rotatable bonds is 21. The maximum Gasteiger partial charge on any atom is 0.306 e. The molecule has 29 heavy (non-hydrogen) atoms. The van der Waals surface area contributed by atoms with Crippen LogP contribution in [0.1, 0.15) is 117 Å². The molecule has 0 aromatic carbocycles. The molecule has 0 N–H and O–H groups in total. The van der Waals surface area contributed by atoms with E-state index < -0.39 is 6.10 Å². The number of carbonyl (C=O) groups is 2. The Morgan fingerprint density at radius 2 is 1.10 bits per heavy atom. The number of hydrogen-bond donors (Lipinski definition) is 0. The summed E-state index contributed by atoms with van der Waals surface area (Å²) in [5.74, 6) is -0.468. The van der Waals surface area contributed by atoms with Crippen molar-refractivity contribution in [1.29, 1.82) is 0 Å². The lowest BCUT2D eigenvalue weighted by Gasteiger charge is -2.17. The lowest BCUT2D eigenvalue weighted by molar-refractivity contribution is -0.160. The first kappa shape index (κ1) is 28.3. The standard InChI is InChI=1S/C23H45O5P/c1-3-5-7-9-11-13-15-17-22(24)26-19-21(20-27-29)28-23(25)18-16-14-12-10-8-6-4-2/h21H,3-20,29H2,1-2H3. The van der Waals surface area contributed by atoms with Crippen LogP contribution in [0.25, 0.3) is 0 Å². The number of unbranched alkanes of at least 4 members (excludes halogenated alkanes) is 12. The van der Waals surface area contributed by atoms with Gasteiger partial charge in [0.1, 0.15) is 6.61 Å². The van der Waals surface area contributed by atoms with Gasteiger partial charge in [-0.1, -0.05) is 90.9 Å². The Morgan fingerprint density at radius 3 is 1.59 bits per heavy atom. The Balaban J connectivity index is 3.80. The van der Waals surface area contributed by atoms with Crippen LogP contribution in [-0.2, 0) is 23.6 Å². The monoisotopic (exact) mass is 432 g/mol. The lowest BCUT2D eigenvalue weighted by atomic mass is 10.1. The van der Waals surface area contributed by atoms with E-state index in [0.717, 1.165) is 25.7 Å². The van der Waals surface area contributed by atoms with Crippen molar-refractivity contribution in [2.24, 2.45) is 0 Å². The first-order valence-electron chi connectivity index (χ1n) is 11.8. The summed E-state index contributed by atoms with van der Waals surface area (Å²) in [4.78, 5) is 23.9. The zero-order chi connectivity index (χ0) is 21.6. The smallest absolute Gasteiger partial charge is 0.306 e. The van der Waals surface area contributed by atoms with E-state index >= 15 is 0 Å². The second-order valence-corrected chi connectivity index (χ2v) is 8.20. The molecular formula is C23H45O5P. The maximum atomic E-state index is 12.0. The number of hydrogen-bond acceptors (Lipinski definition) is 5. The van der Waals surface area contributed by atoms with Crippen LogP contribution in [-0.4, -0.2) is 31.3 Å². The van der Waals surface area contributed by atoms with Gasteiger partial charge in [0.05, 0.1) is 6.61 Å². The van der Waals surface area contributed by atoms with Gasteiger partial charge in [0.15, 0.2) is 6.10 Å². The molecule has 0 heterocycles. The fourth-order valence-corrected chi connectivity index (χ4v) is 3.39. The predicted molar refractivity (Wildman–Crippen MR) is 122 cm³/mol. The van der Waals surface area contributed by atoms with E-state index in [1.807, 2.05) is 0 Å². The second-order valence-electron chi connectivity index (χ2n) is 7.87. The van der Waals surface area contributed by atoms with Crippen LogP contribution in [0.15, 0.2) is 0 Å². The molecule has 172 valence electrons. The van der Waals surface area contributed by atoms with Crippen LogP contribution in [0.2, 0.25) is 0 Å². The molecule has 6 heteroatoms. The van der Waals surface area contributed by atoms with Crippen LogP contribution >= 0.6 is 9.47 Å². The van der Waals surface area contributed by atoms with E-state index in [9.17, 15) is 9.59 Å². The van der Waals surface area contributed by atoms with Gasteiger partial charge in [-0.05, 0) is 12.8 Å². The van der Waals surface area contributed by atoms with Gasteiger partial charge in [-0.25, -0.2) is 0 Å². The molecule has 2 atom stereocenters. The Labute approximate surface area is 181 Å². The highest BCUT2D eigenvalue weighted by atomic mass is 31.0. The van der Waals surface area contributed by atoms with Crippen LogP contribution in [0, 0.1) is 0 Å². The molecule has 0 aliphatic carbocycles. The summed E-state index contributed by atoms with van der Waals surface area (Å²) in [5, 5.41) is 0. The van der Waals surface area contributed by atoms with Gasteiger partial charge in [0, 0.05) is 22.3 Å². The first-order chi connectivity index (χ1) is 14.1. The molecule has 0 aliphatic rings. The molecular weight excluding hydrogens is 387 g/mol. The van der Waals surface area contributed by atoms with Crippen LogP contribution in [0.5, 0.6) is 0 Å². The van der Waals surface area contributed by atoms with E-state index in [1.165, 1.54) is 64.2 Å². The van der Waals surface area contributed by atoms with Crippen molar-refractivity contribution in [3.63, 3.8) is 0 Å². The molecule has 0 bridgehead atoms. The van der Waals surface area contributed by atoms with Crippen molar-refractivity contribution in [3.05, 3.63) is 0 Å². The van der Waals surface area contributed by atoms with E-state index in [1.54, 1.807) is 0 Å². The summed E-state index contributed by atoms with van der Waals surface area (Å²) in [7, 11) is 2.15. The zero-order valence-electron chi connectivity index (χ0n) is 18.9. The third-order valence-electron chi connectivity index (χ3n) is 4.98. The molecule has 5 nitrogen and oxygen atoms in total. The second kappa shape index (κ2) is 22.0. The van der Waals surface area contributed by atoms with Crippen LogP contribution in [0.3, 0.4) is 0 Å². The Hall–Kier alpha value is -0.670. The summed E-state index contributed by atoms with van der Waals surface area (Å²) in [6.45, 7) is 4.68. The van der Waals surface area contributed by atoms with Gasteiger partial charge in [0.2, 0.25) is 0 Å². The highest BCUT2D eigenvalue weighted by Crippen LogP contribution is 2.11. The Bertz CT molecular complexity index is 389. The van der Waals surface area contributed by atoms with Crippen molar-refractivity contribution in [2.45, 2.75) is 123 Å². The quantitative estimate of drug-likeness (QED) is 0.117. The van der Waals surface area contributed by atoms with E-state index in [0.29, 0.717) is 12.8 Å². The zero-order valence-corrected chi connectivity index (χ0v) is 20.1. The number of carbonyl (C=O) groups excluding carboxylic acids is 2. The molecule has 0 aromatic rings. The minimum atomic E-state index is -0.539. The topological polar surface area (TPSA) is 61.8 Å². The highest BCUT2D eigenvalue weighted by Gasteiger charge is 2.17. The average molecular weight is 433 g/mol. The SMILES string of the molecule is CCCCCCCCCC(=O)OCC(COP)OC(=O)CCCCCCCCC. The first-order valence-corrected chi connectivity index (χ1v) is 12.3. The fraction of sp³-hybridized carbons (Fsp3) is 0.913. The van der Waals surface area contributed by atoms with Crippen molar-refractivity contribution in [1.82, 2.24) is 0 Å². The third-order valence-corrected chi connectivity index (χ3v) is 5.17. The van der Waals surface area contributed by atoms with Gasteiger partial charge in [-0.3, -0.25) is 9.59 Å². The largest absolute Gasteiger partial charge is 0.462 e. The third kappa shape index (κ3) is 20.4. The summed E-state index contributed by atoms with van der Waals surface area (Å²) < 4.78 is 15.7. The van der Waals surface area contributed by atoms with Crippen molar-refractivity contribution in [2.75, 3.05) is 13.2 Å². The predicted octanol–water partition coefficient (Wildman–Crippen LogP) is 6.53. The maximum absolute atomic E-state index is 12.0. The minimum Gasteiger partial charge on any atom is -0.462 e. The molecule has 0 saturated carbocycles. The van der Waals surface area contributed by atoms with E-state index in [2.05, 4.69) is 23.3 Å². The Kier molecular flexibility index (Phi) is 21.5. The van der Waals surface area contributed by atoms with Crippen LogP contribution < -0.4 is 0 Å². The summed E-state index contributed by atoms with van der Waals surface area (Å²) >= 11 is 0. The average Bonchev–Trinajstić information content (AvgIpc) is 2.71. The molecule has 0 amide bonds. The van der Waals surface area contributed by atoms with Gasteiger partial charge in [-0.15, -0.1) is 0 Å². The van der Waals surface area contributed by atoms with E-state index in [-0.39, 0.29) is 25.2 Å². The summed E-state index contributed by atoms with van der Waals surface area (Å²) in [6.07, 6.45) is 16.6. The molecule has 0 aliphatic heterocycles. The lowest BCUT2D eigenvalue weighted by Crippen LogP contribution is -2.28. The molecule has 0 spiro atoms. The number of ether oxygens (including phenoxy) is 2. The summed E-state index contributed by atoms with van der Waals surface area (Å²) in [5.41, 5.74) is 0. The number of esters is 2. The van der Waals surface area contributed by atoms with Crippen molar-refractivity contribution < 1.29 is 23.6 Å². The van der Waals surface area contributed by atoms with Gasteiger partial charge in [-0.2, -0.15) is 0 Å². The molecule has 2 unspecified atom stereocenters. The summed E-state index contributed by atoms with van der Waals surface area (Å²) in [6, 6.07) is 0. The van der Waals surface area contributed by atoms with Gasteiger partial charge < -0.3 is 14.0 Å². The Morgan fingerprint density at radius 1 is 0.655 bits per heavy atom. The van der Waals surface area contributed by atoms with Gasteiger partial charge in [0.25, 0.3) is 0 Å². The molecule has 0 rings (SSSR count). The fourth-order valence-electron chi connectivity index (χ4n) is 3.18. The molecule has 0 saturated heterocycles. The van der Waals surface area contributed by atoms with Crippen molar-refractivity contribution in [3.8, 4) is 0 Å². The van der Waals surface area contributed by atoms with Crippen molar-refractivity contribution >= 4 is 21.4 Å². The van der Waals surface area contributed by atoms with E-state index in [4.69, 9.17) is 14.0 Å². The minimum absolute atomic E-state index is 0.0620. The molecule has 0 aromatic heterocycles. The normalized spacial score (nSPS) is 12.0. The highest BCUT2D eigenvalue weighted by molar-refractivity contribution is 7.09. The van der Waals surface area contributed by atoms with Gasteiger partial charge >= 0.3 is 11.9 Å². The van der Waals surface area contributed by atoms with Crippen LogP contribution in [0.4, 0.5) is 0 Å². The molecule has 0 radical (unpaired) electrons. The molecule has 0 fully saturated rings.